The van der Waals surface area contributed by atoms with Gasteiger partial charge in [-0.2, -0.15) is 13.2 Å². The maximum Gasteiger partial charge on any atom is 0.391 e. The van der Waals surface area contributed by atoms with E-state index in [9.17, 15) is 13.2 Å². The lowest BCUT2D eigenvalue weighted by atomic mass is 9.90. The highest BCUT2D eigenvalue weighted by Crippen LogP contribution is 2.40. The highest BCUT2D eigenvalue weighted by atomic mass is 35.5. The number of benzene rings is 1. The summed E-state index contributed by atoms with van der Waals surface area (Å²) in [5.41, 5.74) is 4.03. The number of nitrogens with zero attached hydrogens (tertiary/aromatic N) is 7. The van der Waals surface area contributed by atoms with Crippen molar-refractivity contribution in [2.45, 2.75) is 51.2 Å². The molecule has 0 spiro atoms. The molecule has 1 aromatic carbocycles. The Morgan fingerprint density at radius 1 is 1.02 bits per heavy atom. The Morgan fingerprint density at radius 3 is 2.52 bits per heavy atom. The monoisotopic (exact) mass is 571 g/mol. The summed E-state index contributed by atoms with van der Waals surface area (Å²) >= 11 is 6.70. The van der Waals surface area contributed by atoms with E-state index in [-0.39, 0.29) is 18.8 Å². The number of halogens is 4. The zero-order valence-electron chi connectivity index (χ0n) is 22.2. The van der Waals surface area contributed by atoms with Crippen molar-refractivity contribution in [3.8, 4) is 23.1 Å². The molecule has 3 aromatic heterocycles. The van der Waals surface area contributed by atoms with Crippen LogP contribution in [0.1, 0.15) is 48.7 Å². The molecule has 1 fully saturated rings. The number of anilines is 1. The van der Waals surface area contributed by atoms with Gasteiger partial charge in [-0.1, -0.05) is 11.6 Å². The van der Waals surface area contributed by atoms with Gasteiger partial charge in [0, 0.05) is 42.5 Å². The highest BCUT2D eigenvalue weighted by molar-refractivity contribution is 6.31. The van der Waals surface area contributed by atoms with E-state index in [0.717, 1.165) is 47.8 Å². The van der Waals surface area contributed by atoms with Gasteiger partial charge < -0.3 is 14.2 Å². The summed E-state index contributed by atoms with van der Waals surface area (Å²) in [5, 5.41) is 5.37. The predicted molar refractivity (Wildman–Crippen MR) is 145 cm³/mol. The molecular weight excluding hydrogens is 543 g/mol. The molecule has 0 bridgehead atoms. The molecule has 6 rings (SSSR count). The number of aryl methyl sites for hydroxylation is 2. The number of hydrogen-bond acceptors (Lipinski definition) is 6. The van der Waals surface area contributed by atoms with Gasteiger partial charge in [-0.3, -0.25) is 0 Å². The van der Waals surface area contributed by atoms with Crippen LogP contribution in [-0.4, -0.2) is 55.7 Å². The highest BCUT2D eigenvalue weighted by Gasteiger charge is 2.41. The van der Waals surface area contributed by atoms with Crippen LogP contribution in [0.15, 0.2) is 42.9 Å². The second-order valence-corrected chi connectivity index (χ2v) is 10.8. The lowest BCUT2D eigenvalue weighted by Crippen LogP contribution is -2.39. The number of imidazole rings is 1. The molecule has 0 saturated carbocycles. The molecule has 5 heterocycles. The fourth-order valence-electron chi connectivity index (χ4n) is 5.67. The zero-order valence-corrected chi connectivity index (χ0v) is 23.0. The van der Waals surface area contributed by atoms with Crippen molar-refractivity contribution in [1.82, 2.24) is 29.3 Å². The topological polar surface area (TPSA) is 73.9 Å². The summed E-state index contributed by atoms with van der Waals surface area (Å²) < 4.78 is 48.8. The smallest absolute Gasteiger partial charge is 0.391 e. The second kappa shape index (κ2) is 10.4. The van der Waals surface area contributed by atoms with Gasteiger partial charge in [-0.25, -0.2) is 19.6 Å². The Balaban J connectivity index is 1.28. The van der Waals surface area contributed by atoms with E-state index in [0.29, 0.717) is 35.5 Å². The van der Waals surface area contributed by atoms with Crippen LogP contribution < -0.4 is 9.64 Å². The molecule has 0 amide bonds. The Labute approximate surface area is 234 Å². The number of fused-ring (bicyclic) bond motifs is 1. The number of piperidine rings is 1. The number of pyridine rings is 1. The molecule has 0 aliphatic carbocycles. The molecular formula is C28H29ClF3N7O. The van der Waals surface area contributed by atoms with Crippen molar-refractivity contribution in [1.29, 1.82) is 0 Å². The van der Waals surface area contributed by atoms with Crippen LogP contribution in [0.2, 0.25) is 5.02 Å². The van der Waals surface area contributed by atoms with Crippen molar-refractivity contribution in [2.24, 2.45) is 5.92 Å². The molecule has 12 heteroatoms. The molecule has 0 unspecified atom stereocenters. The van der Waals surface area contributed by atoms with Crippen molar-refractivity contribution in [3.05, 3.63) is 65.0 Å². The third-order valence-electron chi connectivity index (χ3n) is 7.81. The fraction of sp³-hybridized carbons (Fsp3) is 0.429. The summed E-state index contributed by atoms with van der Waals surface area (Å²) in [7, 11) is 1.57. The van der Waals surface area contributed by atoms with Gasteiger partial charge in [0.2, 0.25) is 5.88 Å². The third-order valence-corrected chi connectivity index (χ3v) is 8.15. The first-order valence-corrected chi connectivity index (χ1v) is 13.7. The van der Waals surface area contributed by atoms with Crippen molar-refractivity contribution in [2.75, 3.05) is 25.1 Å². The SMILES string of the molecule is COc1nc(-c2nc3n(n2)CCC[C@H]3c2cc(N3CCC(C(F)(F)F)CC3)ccc2Cl)ccc1-n1cnc(C)c1. The van der Waals surface area contributed by atoms with Crippen LogP contribution in [0.3, 0.4) is 0 Å². The van der Waals surface area contributed by atoms with Crippen LogP contribution in [0.5, 0.6) is 5.88 Å². The number of ether oxygens (including phenoxy) is 1. The fourth-order valence-corrected chi connectivity index (χ4v) is 5.92. The van der Waals surface area contributed by atoms with Crippen molar-refractivity contribution in [3.63, 3.8) is 0 Å². The largest absolute Gasteiger partial charge is 0.479 e. The van der Waals surface area contributed by atoms with Gasteiger partial charge in [-0.15, -0.1) is 5.10 Å². The van der Waals surface area contributed by atoms with Gasteiger partial charge in [-0.05, 0) is 68.5 Å². The Morgan fingerprint density at radius 2 is 1.82 bits per heavy atom. The summed E-state index contributed by atoms with van der Waals surface area (Å²) in [6, 6.07) is 9.50. The summed E-state index contributed by atoms with van der Waals surface area (Å²) in [6.45, 7) is 3.36. The first kappa shape index (κ1) is 26.6. The number of hydrogen-bond donors (Lipinski definition) is 0. The first-order chi connectivity index (χ1) is 19.2. The molecule has 2 aliphatic heterocycles. The lowest BCUT2D eigenvalue weighted by Gasteiger charge is -2.35. The molecule has 4 aromatic rings. The number of alkyl halides is 3. The minimum absolute atomic E-state index is 0.0924. The Hall–Kier alpha value is -3.60. The summed E-state index contributed by atoms with van der Waals surface area (Å²) in [6.07, 6.45) is 1.40. The van der Waals surface area contributed by atoms with Crippen LogP contribution >= 0.6 is 11.6 Å². The van der Waals surface area contributed by atoms with E-state index in [1.54, 1.807) is 13.4 Å². The Kier molecular flexibility index (Phi) is 6.93. The minimum Gasteiger partial charge on any atom is -0.479 e. The first-order valence-electron chi connectivity index (χ1n) is 13.3. The molecule has 1 saturated heterocycles. The lowest BCUT2D eigenvalue weighted by molar-refractivity contribution is -0.179. The van der Waals surface area contributed by atoms with Crippen LogP contribution in [0, 0.1) is 12.8 Å². The molecule has 210 valence electrons. The number of rotatable bonds is 5. The van der Waals surface area contributed by atoms with Gasteiger partial charge in [0.05, 0.1) is 25.0 Å². The van der Waals surface area contributed by atoms with E-state index in [1.165, 1.54) is 0 Å². The standard InChI is InChI=1S/C28H29ClF3N7O/c1-17-15-38(16-33-17)24-8-7-23(34-27(24)40-2)25-35-26-20(4-3-11-39(26)36-25)21-14-19(5-6-22(21)29)37-12-9-18(10-13-37)28(30,31)32/h5-8,14-16,18,20H,3-4,9-13H2,1-2H3/t20-/m0/s1. The third kappa shape index (κ3) is 5.02. The van der Waals surface area contributed by atoms with Crippen molar-refractivity contribution >= 4 is 17.3 Å². The quantitative estimate of drug-likeness (QED) is 0.284. The van der Waals surface area contributed by atoms with E-state index < -0.39 is 12.1 Å². The van der Waals surface area contributed by atoms with E-state index >= 15 is 0 Å². The van der Waals surface area contributed by atoms with Gasteiger partial charge >= 0.3 is 6.18 Å². The van der Waals surface area contributed by atoms with E-state index in [4.69, 9.17) is 26.4 Å². The minimum atomic E-state index is -4.14. The van der Waals surface area contributed by atoms with Gasteiger partial charge in [0.25, 0.3) is 0 Å². The average molecular weight is 572 g/mol. The molecule has 1 atom stereocenters. The van der Waals surface area contributed by atoms with Crippen LogP contribution in [-0.2, 0) is 6.54 Å². The normalized spacial score (nSPS) is 18.1. The molecule has 0 N–H and O–H groups in total. The number of methoxy groups -OCH3 is 1. The number of aromatic nitrogens is 6. The van der Waals surface area contributed by atoms with Crippen LogP contribution in [0.4, 0.5) is 18.9 Å². The second-order valence-electron chi connectivity index (χ2n) is 10.4. The average Bonchev–Trinajstić information content (AvgIpc) is 3.59. The van der Waals surface area contributed by atoms with E-state index in [1.807, 2.05) is 57.6 Å². The van der Waals surface area contributed by atoms with Crippen LogP contribution in [0.25, 0.3) is 17.2 Å². The molecule has 0 radical (unpaired) electrons. The summed E-state index contributed by atoms with van der Waals surface area (Å²) in [5.74, 6) is 0.395. The zero-order chi connectivity index (χ0) is 28.0. The predicted octanol–water partition coefficient (Wildman–Crippen LogP) is 6.20. The summed E-state index contributed by atoms with van der Waals surface area (Å²) in [4.78, 5) is 15.9. The molecule has 2 aliphatic rings. The molecule has 8 nitrogen and oxygen atoms in total. The Bertz CT molecular complexity index is 1520. The van der Waals surface area contributed by atoms with Gasteiger partial charge in [0.1, 0.15) is 17.2 Å². The maximum atomic E-state index is 13.2. The maximum absolute atomic E-state index is 13.2. The van der Waals surface area contributed by atoms with Crippen molar-refractivity contribution < 1.29 is 17.9 Å². The van der Waals surface area contributed by atoms with E-state index in [2.05, 4.69) is 9.97 Å². The van der Waals surface area contributed by atoms with Gasteiger partial charge in [0.15, 0.2) is 5.82 Å². The molecule has 40 heavy (non-hydrogen) atoms.